The summed E-state index contributed by atoms with van der Waals surface area (Å²) in [4.78, 5) is 11.9. The molecule has 0 spiro atoms. The van der Waals surface area contributed by atoms with Gasteiger partial charge in [-0.2, -0.15) is 0 Å². The van der Waals surface area contributed by atoms with Gasteiger partial charge in [0, 0.05) is 42.5 Å². The van der Waals surface area contributed by atoms with Crippen molar-refractivity contribution in [1.82, 2.24) is 9.97 Å². The molecule has 3 heterocycles. The van der Waals surface area contributed by atoms with Crippen LogP contribution in [0.25, 0.3) is 0 Å². The summed E-state index contributed by atoms with van der Waals surface area (Å²) in [5.74, 6) is 0.707. The van der Waals surface area contributed by atoms with E-state index in [1.165, 1.54) is 4.88 Å². The van der Waals surface area contributed by atoms with Gasteiger partial charge in [-0.05, 0) is 6.92 Å². The first-order valence-corrected chi connectivity index (χ1v) is 7.35. The molecule has 6 heteroatoms. The van der Waals surface area contributed by atoms with E-state index in [2.05, 4.69) is 21.8 Å². The second-order valence-corrected chi connectivity index (χ2v) is 6.15. The minimum absolute atomic E-state index is 0.157. The van der Waals surface area contributed by atoms with Crippen molar-refractivity contribution in [2.24, 2.45) is 0 Å². The quantitative estimate of drug-likeness (QED) is 0.872. The van der Waals surface area contributed by atoms with Gasteiger partial charge in [-0.3, -0.25) is 4.98 Å². The number of thiazole rings is 1. The smallest absolute Gasteiger partial charge is 0.185 e. The van der Waals surface area contributed by atoms with Crippen molar-refractivity contribution in [3.8, 4) is 5.75 Å². The number of ether oxygens (including phenoxy) is 1. The van der Waals surface area contributed by atoms with E-state index in [1.807, 2.05) is 6.20 Å². The second-order valence-electron chi connectivity index (χ2n) is 4.53. The number of anilines is 1. The summed E-state index contributed by atoms with van der Waals surface area (Å²) in [5.41, 5.74) is 0. The SMILES string of the molecule is Cc1cnc(N2CCC(Oc3ccncc3Cl)C2)s1. The molecule has 0 N–H and O–H groups in total. The van der Waals surface area contributed by atoms with Gasteiger partial charge in [-0.25, -0.2) is 4.98 Å². The largest absolute Gasteiger partial charge is 0.487 e. The Morgan fingerprint density at radius 1 is 1.47 bits per heavy atom. The van der Waals surface area contributed by atoms with E-state index < -0.39 is 0 Å². The molecule has 1 aliphatic heterocycles. The molecule has 3 rings (SSSR count). The zero-order valence-corrected chi connectivity index (χ0v) is 12.1. The van der Waals surface area contributed by atoms with Crippen LogP contribution in [0.15, 0.2) is 24.7 Å². The lowest BCUT2D eigenvalue weighted by Gasteiger charge is -2.16. The highest BCUT2D eigenvalue weighted by atomic mass is 35.5. The van der Waals surface area contributed by atoms with E-state index in [4.69, 9.17) is 16.3 Å². The van der Waals surface area contributed by atoms with E-state index in [1.54, 1.807) is 29.8 Å². The fourth-order valence-electron chi connectivity index (χ4n) is 2.12. The van der Waals surface area contributed by atoms with Crippen LogP contribution in [-0.4, -0.2) is 29.2 Å². The maximum atomic E-state index is 6.05. The highest BCUT2D eigenvalue weighted by Crippen LogP contribution is 2.29. The molecule has 100 valence electrons. The fraction of sp³-hybridized carbons (Fsp3) is 0.385. The molecule has 0 radical (unpaired) electrons. The zero-order chi connectivity index (χ0) is 13.2. The van der Waals surface area contributed by atoms with Crippen molar-refractivity contribution in [3.05, 3.63) is 34.6 Å². The lowest BCUT2D eigenvalue weighted by Crippen LogP contribution is -2.24. The predicted molar refractivity (Wildman–Crippen MR) is 77.3 cm³/mol. The first kappa shape index (κ1) is 12.7. The third-order valence-electron chi connectivity index (χ3n) is 3.05. The molecule has 2 aromatic rings. The van der Waals surface area contributed by atoms with Gasteiger partial charge in [0.1, 0.15) is 16.9 Å². The minimum atomic E-state index is 0.157. The lowest BCUT2D eigenvalue weighted by molar-refractivity contribution is 0.225. The van der Waals surface area contributed by atoms with Crippen LogP contribution >= 0.6 is 22.9 Å². The Morgan fingerprint density at radius 3 is 3.11 bits per heavy atom. The van der Waals surface area contributed by atoms with E-state index in [0.29, 0.717) is 10.8 Å². The Balaban J connectivity index is 1.65. The molecule has 1 saturated heterocycles. The van der Waals surface area contributed by atoms with Gasteiger partial charge in [0.2, 0.25) is 0 Å². The van der Waals surface area contributed by atoms with Gasteiger partial charge < -0.3 is 9.64 Å². The van der Waals surface area contributed by atoms with Crippen molar-refractivity contribution in [3.63, 3.8) is 0 Å². The van der Waals surface area contributed by atoms with Crippen molar-refractivity contribution in [1.29, 1.82) is 0 Å². The number of pyridine rings is 1. The topological polar surface area (TPSA) is 38.2 Å². The molecular weight excluding hydrogens is 282 g/mol. The second kappa shape index (κ2) is 5.35. The summed E-state index contributed by atoms with van der Waals surface area (Å²) in [6, 6.07) is 1.80. The van der Waals surface area contributed by atoms with Crippen LogP contribution in [0.3, 0.4) is 0 Å². The van der Waals surface area contributed by atoms with E-state index in [-0.39, 0.29) is 6.10 Å². The van der Waals surface area contributed by atoms with E-state index >= 15 is 0 Å². The summed E-state index contributed by atoms with van der Waals surface area (Å²) in [6.45, 7) is 3.90. The third kappa shape index (κ3) is 2.82. The van der Waals surface area contributed by atoms with Crippen molar-refractivity contribution >= 4 is 28.1 Å². The van der Waals surface area contributed by atoms with Gasteiger partial charge in [0.25, 0.3) is 0 Å². The summed E-state index contributed by atoms with van der Waals surface area (Å²) in [6.07, 6.45) is 6.35. The standard InChI is InChI=1S/C13H14ClN3OS/c1-9-6-16-13(19-9)17-5-3-10(8-17)18-12-2-4-15-7-11(12)14/h2,4,6-7,10H,3,5,8H2,1H3. The third-order valence-corrected chi connectivity index (χ3v) is 4.31. The molecule has 0 aromatic carbocycles. The summed E-state index contributed by atoms with van der Waals surface area (Å²) in [5, 5.41) is 1.63. The van der Waals surface area contributed by atoms with Crippen molar-refractivity contribution in [2.45, 2.75) is 19.4 Å². The van der Waals surface area contributed by atoms with Gasteiger partial charge >= 0.3 is 0 Å². The fourth-order valence-corrected chi connectivity index (χ4v) is 3.08. The molecular formula is C13H14ClN3OS. The number of hydrogen-bond donors (Lipinski definition) is 0. The molecule has 19 heavy (non-hydrogen) atoms. The monoisotopic (exact) mass is 295 g/mol. The molecule has 0 amide bonds. The number of rotatable bonds is 3. The first-order valence-electron chi connectivity index (χ1n) is 6.16. The van der Waals surface area contributed by atoms with Crippen LogP contribution in [0.2, 0.25) is 5.02 Å². The van der Waals surface area contributed by atoms with Crippen LogP contribution in [0.1, 0.15) is 11.3 Å². The molecule has 1 aliphatic rings. The number of aryl methyl sites for hydroxylation is 1. The average Bonchev–Trinajstić information content (AvgIpc) is 3.01. The van der Waals surface area contributed by atoms with E-state index in [0.717, 1.165) is 24.6 Å². The molecule has 1 unspecified atom stereocenters. The number of aromatic nitrogens is 2. The maximum Gasteiger partial charge on any atom is 0.185 e. The number of nitrogens with zero attached hydrogens (tertiary/aromatic N) is 3. The number of hydrogen-bond acceptors (Lipinski definition) is 5. The molecule has 0 saturated carbocycles. The Hall–Kier alpha value is -1.33. The van der Waals surface area contributed by atoms with Gasteiger partial charge in [0.05, 0.1) is 6.54 Å². The highest BCUT2D eigenvalue weighted by Gasteiger charge is 2.26. The zero-order valence-electron chi connectivity index (χ0n) is 10.5. The minimum Gasteiger partial charge on any atom is -0.487 e. The van der Waals surface area contributed by atoms with Gasteiger partial charge in [-0.15, -0.1) is 11.3 Å². The molecule has 4 nitrogen and oxygen atoms in total. The van der Waals surface area contributed by atoms with Crippen LogP contribution in [0.5, 0.6) is 5.75 Å². The Morgan fingerprint density at radius 2 is 2.37 bits per heavy atom. The summed E-state index contributed by atoms with van der Waals surface area (Å²) in [7, 11) is 0. The van der Waals surface area contributed by atoms with Crippen LogP contribution in [0.4, 0.5) is 5.13 Å². The molecule has 1 fully saturated rings. The Bertz CT molecular complexity index is 575. The Labute approximate surface area is 121 Å². The van der Waals surface area contributed by atoms with Crippen LogP contribution in [-0.2, 0) is 0 Å². The van der Waals surface area contributed by atoms with Gasteiger partial charge in [-0.1, -0.05) is 11.6 Å². The average molecular weight is 296 g/mol. The van der Waals surface area contributed by atoms with Crippen LogP contribution < -0.4 is 9.64 Å². The number of halogens is 1. The molecule has 2 aromatic heterocycles. The normalized spacial score (nSPS) is 18.8. The van der Waals surface area contributed by atoms with Crippen molar-refractivity contribution in [2.75, 3.05) is 18.0 Å². The summed E-state index contributed by atoms with van der Waals surface area (Å²) >= 11 is 7.77. The maximum absolute atomic E-state index is 6.05. The Kier molecular flexibility index (Phi) is 3.57. The summed E-state index contributed by atoms with van der Waals surface area (Å²) < 4.78 is 5.93. The molecule has 0 bridgehead atoms. The molecule has 0 aliphatic carbocycles. The molecule has 1 atom stereocenters. The highest BCUT2D eigenvalue weighted by molar-refractivity contribution is 7.15. The van der Waals surface area contributed by atoms with Crippen LogP contribution in [0, 0.1) is 6.92 Å². The van der Waals surface area contributed by atoms with Gasteiger partial charge in [0.15, 0.2) is 5.13 Å². The van der Waals surface area contributed by atoms with E-state index in [9.17, 15) is 0 Å². The lowest BCUT2D eigenvalue weighted by atomic mass is 10.3. The predicted octanol–water partition coefficient (Wildman–Crippen LogP) is 3.16. The first-order chi connectivity index (χ1) is 9.22. The van der Waals surface area contributed by atoms with Crippen molar-refractivity contribution < 1.29 is 4.74 Å².